The average Bonchev–Trinajstić information content (AvgIpc) is 1.81. The minimum absolute atomic E-state index is 1.17. The van der Waals surface area contributed by atoms with Gasteiger partial charge in [0.2, 0.25) is 0 Å². The van der Waals surface area contributed by atoms with Crippen molar-refractivity contribution in [2.75, 3.05) is 28.2 Å². The first kappa shape index (κ1) is 9.92. The van der Waals surface area contributed by atoms with E-state index in [2.05, 4.69) is 44.9 Å². The summed E-state index contributed by atoms with van der Waals surface area (Å²) in [6.07, 6.45) is 3.77. The van der Waals surface area contributed by atoms with Crippen molar-refractivity contribution in [2.45, 2.75) is 19.8 Å². The molecule has 0 unspecified atom stereocenters. The average molecular weight is 143 g/mol. The van der Waals surface area contributed by atoms with E-state index in [1.54, 1.807) is 0 Å². The summed E-state index contributed by atoms with van der Waals surface area (Å²) in [5.41, 5.74) is 0. The molecule has 2 heteroatoms. The van der Waals surface area contributed by atoms with E-state index in [1.165, 1.54) is 19.0 Å². The Kier molecular flexibility index (Phi) is 4.65. The minimum Gasteiger partial charge on any atom is -0.289 e. The Bertz CT molecular complexity index is 71.3. The van der Waals surface area contributed by atoms with Gasteiger partial charge in [0.25, 0.3) is 0 Å². The molecule has 0 spiro atoms. The van der Waals surface area contributed by atoms with E-state index in [4.69, 9.17) is 0 Å². The van der Waals surface area contributed by atoms with Gasteiger partial charge in [-0.15, -0.1) is 0 Å². The van der Waals surface area contributed by atoms with Gasteiger partial charge in [-0.05, 0) is 34.6 Å². The highest BCUT2D eigenvalue weighted by molar-refractivity contribution is 4.81. The van der Waals surface area contributed by atoms with Crippen LogP contribution in [0.5, 0.6) is 0 Å². The molecule has 61 valence electrons. The third-order valence-electron chi connectivity index (χ3n) is 1.51. The molecular weight excluding hydrogens is 124 g/mol. The van der Waals surface area contributed by atoms with Crippen molar-refractivity contribution in [1.82, 2.24) is 9.80 Å². The van der Waals surface area contributed by atoms with Crippen molar-refractivity contribution in [3.05, 3.63) is 6.17 Å². The van der Waals surface area contributed by atoms with Crippen LogP contribution in [0.4, 0.5) is 0 Å². The maximum Gasteiger partial charge on any atom is 0.105 e. The van der Waals surface area contributed by atoms with Crippen LogP contribution in [0, 0.1) is 6.17 Å². The van der Waals surface area contributed by atoms with Crippen LogP contribution in [0.25, 0.3) is 0 Å². The highest BCUT2D eigenvalue weighted by Crippen LogP contribution is 2.13. The molecule has 1 radical (unpaired) electrons. The lowest BCUT2D eigenvalue weighted by molar-refractivity contribution is 0.228. The standard InChI is InChI=1S/C8H19N2/c1-6-7-8(9(2)3)10(4)5/h6-7H2,1-5H3. The molecule has 0 heterocycles. The van der Waals surface area contributed by atoms with Crippen LogP contribution in [0.3, 0.4) is 0 Å². The van der Waals surface area contributed by atoms with E-state index >= 15 is 0 Å². The number of nitrogens with zero attached hydrogens (tertiary/aromatic N) is 2. The zero-order valence-electron chi connectivity index (χ0n) is 7.81. The van der Waals surface area contributed by atoms with Crippen LogP contribution < -0.4 is 0 Å². The first-order chi connectivity index (χ1) is 4.59. The van der Waals surface area contributed by atoms with Crippen LogP contribution >= 0.6 is 0 Å². The van der Waals surface area contributed by atoms with Crippen LogP contribution in [0.15, 0.2) is 0 Å². The van der Waals surface area contributed by atoms with Gasteiger partial charge in [0, 0.05) is 0 Å². The lowest BCUT2D eigenvalue weighted by Gasteiger charge is -2.28. The third kappa shape index (κ3) is 3.18. The molecule has 0 saturated carbocycles. The van der Waals surface area contributed by atoms with Gasteiger partial charge in [-0.1, -0.05) is 13.3 Å². The van der Waals surface area contributed by atoms with E-state index < -0.39 is 0 Å². The second-order valence-corrected chi connectivity index (χ2v) is 2.96. The predicted molar refractivity (Wildman–Crippen MR) is 45.5 cm³/mol. The second-order valence-electron chi connectivity index (χ2n) is 2.96. The van der Waals surface area contributed by atoms with Crippen LogP contribution in [0.1, 0.15) is 19.8 Å². The van der Waals surface area contributed by atoms with Crippen molar-refractivity contribution in [1.29, 1.82) is 0 Å². The first-order valence-electron chi connectivity index (χ1n) is 3.80. The second kappa shape index (κ2) is 4.69. The van der Waals surface area contributed by atoms with Crippen LogP contribution in [-0.2, 0) is 0 Å². The van der Waals surface area contributed by atoms with Crippen molar-refractivity contribution in [2.24, 2.45) is 0 Å². The van der Waals surface area contributed by atoms with Gasteiger partial charge in [0.1, 0.15) is 6.17 Å². The smallest absolute Gasteiger partial charge is 0.105 e. The molecule has 0 fully saturated rings. The Morgan fingerprint density at radius 3 is 1.50 bits per heavy atom. The van der Waals surface area contributed by atoms with E-state index in [-0.39, 0.29) is 0 Å². The largest absolute Gasteiger partial charge is 0.289 e. The van der Waals surface area contributed by atoms with Crippen LogP contribution in [0.2, 0.25) is 0 Å². The normalized spacial score (nSPS) is 12.0. The van der Waals surface area contributed by atoms with E-state index in [1.807, 2.05) is 0 Å². The first-order valence-corrected chi connectivity index (χ1v) is 3.80. The Labute approximate surface area is 64.8 Å². The summed E-state index contributed by atoms with van der Waals surface area (Å²) in [6, 6.07) is 0. The predicted octanol–water partition coefficient (Wildman–Crippen LogP) is 1.40. The van der Waals surface area contributed by atoms with Crippen molar-refractivity contribution < 1.29 is 0 Å². The van der Waals surface area contributed by atoms with Gasteiger partial charge >= 0.3 is 0 Å². The fourth-order valence-electron chi connectivity index (χ4n) is 1.07. The van der Waals surface area contributed by atoms with E-state index in [0.717, 1.165) is 0 Å². The molecule has 0 aliphatic rings. The summed E-state index contributed by atoms with van der Waals surface area (Å²) < 4.78 is 0. The molecular formula is C8H19N2. The molecule has 0 saturated heterocycles. The molecule has 0 N–H and O–H groups in total. The third-order valence-corrected chi connectivity index (χ3v) is 1.51. The summed E-state index contributed by atoms with van der Waals surface area (Å²) in [7, 11) is 8.35. The SMILES string of the molecule is CCC[C](N(C)C)N(C)C. The Morgan fingerprint density at radius 2 is 1.40 bits per heavy atom. The Morgan fingerprint density at radius 1 is 1.00 bits per heavy atom. The molecule has 10 heavy (non-hydrogen) atoms. The summed E-state index contributed by atoms with van der Waals surface area (Å²) in [5, 5.41) is 0. The molecule has 0 aliphatic carbocycles. The topological polar surface area (TPSA) is 6.48 Å². The molecule has 0 rings (SSSR count). The summed E-state index contributed by atoms with van der Waals surface area (Å²) in [4.78, 5) is 4.34. The molecule has 0 bridgehead atoms. The number of rotatable bonds is 4. The van der Waals surface area contributed by atoms with Gasteiger partial charge in [-0.25, -0.2) is 0 Å². The number of hydrogen-bond donors (Lipinski definition) is 0. The summed E-state index contributed by atoms with van der Waals surface area (Å²) in [6.45, 7) is 2.20. The minimum atomic E-state index is 1.17. The lowest BCUT2D eigenvalue weighted by atomic mass is 10.2. The van der Waals surface area contributed by atoms with Crippen LogP contribution in [-0.4, -0.2) is 38.0 Å². The van der Waals surface area contributed by atoms with Gasteiger partial charge in [0.05, 0.1) is 0 Å². The van der Waals surface area contributed by atoms with Crippen molar-refractivity contribution in [3.63, 3.8) is 0 Å². The quantitative estimate of drug-likeness (QED) is 0.587. The Balaban J connectivity index is 3.73. The molecule has 0 atom stereocenters. The fourth-order valence-corrected chi connectivity index (χ4v) is 1.07. The molecule has 0 aliphatic heterocycles. The van der Waals surface area contributed by atoms with E-state index in [0.29, 0.717) is 0 Å². The molecule has 0 amide bonds. The van der Waals surface area contributed by atoms with Gasteiger partial charge < -0.3 is 0 Å². The van der Waals surface area contributed by atoms with E-state index in [9.17, 15) is 0 Å². The zero-order chi connectivity index (χ0) is 8.15. The maximum absolute atomic E-state index is 2.20. The van der Waals surface area contributed by atoms with Crippen molar-refractivity contribution >= 4 is 0 Å². The molecule has 2 nitrogen and oxygen atoms in total. The maximum atomic E-state index is 2.20. The molecule has 0 aromatic rings. The lowest BCUT2D eigenvalue weighted by Crippen LogP contribution is -2.32. The molecule has 0 aromatic carbocycles. The highest BCUT2D eigenvalue weighted by Gasteiger charge is 2.12. The number of hydrogen-bond acceptors (Lipinski definition) is 2. The fraction of sp³-hybridized carbons (Fsp3) is 0.875. The van der Waals surface area contributed by atoms with Gasteiger partial charge in [0.15, 0.2) is 0 Å². The van der Waals surface area contributed by atoms with Crippen molar-refractivity contribution in [3.8, 4) is 0 Å². The zero-order valence-corrected chi connectivity index (χ0v) is 7.81. The monoisotopic (exact) mass is 143 g/mol. The van der Waals surface area contributed by atoms with Gasteiger partial charge in [-0.3, -0.25) is 9.80 Å². The Hall–Kier alpha value is -0.0800. The highest BCUT2D eigenvalue weighted by atomic mass is 15.3. The summed E-state index contributed by atoms with van der Waals surface area (Å²) in [5.74, 6) is 0. The summed E-state index contributed by atoms with van der Waals surface area (Å²) >= 11 is 0. The van der Waals surface area contributed by atoms with Gasteiger partial charge in [-0.2, -0.15) is 0 Å². The molecule has 0 aromatic heterocycles.